The Kier molecular flexibility index (Phi) is 4.69. The zero-order valence-corrected chi connectivity index (χ0v) is 14.7. The molecule has 0 N–H and O–H groups in total. The van der Waals surface area contributed by atoms with Crippen LogP contribution in [0.3, 0.4) is 0 Å². The van der Waals surface area contributed by atoms with Crippen molar-refractivity contribution in [1.82, 2.24) is 14.9 Å². The van der Waals surface area contributed by atoms with Crippen LogP contribution in [0.15, 0.2) is 10.7 Å². The van der Waals surface area contributed by atoms with Crippen LogP contribution in [0.5, 0.6) is 0 Å². The van der Waals surface area contributed by atoms with Crippen molar-refractivity contribution in [2.24, 2.45) is 0 Å². The minimum atomic E-state index is -0.0324. The van der Waals surface area contributed by atoms with E-state index in [1.165, 1.54) is 0 Å². The maximum absolute atomic E-state index is 4.78. The molecule has 0 radical (unpaired) electrons. The second kappa shape index (κ2) is 5.98. The van der Waals surface area contributed by atoms with E-state index < -0.39 is 0 Å². The van der Waals surface area contributed by atoms with E-state index >= 15 is 0 Å². The third kappa shape index (κ3) is 3.50. The van der Waals surface area contributed by atoms with Crippen molar-refractivity contribution < 1.29 is 0 Å². The van der Waals surface area contributed by atoms with Gasteiger partial charge in [-0.25, -0.2) is 9.97 Å². The number of nitrogens with zero attached hydrogens (tertiary/aromatic N) is 4. The lowest BCUT2D eigenvalue weighted by Gasteiger charge is -2.40. The van der Waals surface area contributed by atoms with Gasteiger partial charge in [-0.1, -0.05) is 27.7 Å². The summed E-state index contributed by atoms with van der Waals surface area (Å²) < 4.78 is 0.873. The Morgan fingerprint density at radius 1 is 1.30 bits per heavy atom. The van der Waals surface area contributed by atoms with Gasteiger partial charge in [0.25, 0.3) is 0 Å². The Morgan fingerprint density at radius 3 is 2.55 bits per heavy atom. The summed E-state index contributed by atoms with van der Waals surface area (Å²) in [6, 6.07) is 2.60. The molecule has 1 aromatic heterocycles. The Labute approximate surface area is 130 Å². The first kappa shape index (κ1) is 15.7. The van der Waals surface area contributed by atoms with Crippen molar-refractivity contribution >= 4 is 21.7 Å². The molecule has 20 heavy (non-hydrogen) atoms. The van der Waals surface area contributed by atoms with Gasteiger partial charge in [0, 0.05) is 37.2 Å². The zero-order chi connectivity index (χ0) is 14.9. The lowest BCUT2D eigenvalue weighted by Crippen LogP contribution is -2.52. The molecule has 112 valence electrons. The summed E-state index contributed by atoms with van der Waals surface area (Å²) in [6.45, 7) is 15.2. The van der Waals surface area contributed by atoms with E-state index in [0.29, 0.717) is 6.04 Å². The number of hydrogen-bond acceptors (Lipinski definition) is 4. The molecule has 1 saturated heterocycles. The van der Waals surface area contributed by atoms with Gasteiger partial charge in [0.15, 0.2) is 0 Å². The summed E-state index contributed by atoms with van der Waals surface area (Å²) in [4.78, 5) is 14.2. The molecule has 1 aromatic rings. The summed E-state index contributed by atoms with van der Waals surface area (Å²) in [5, 5.41) is 0. The first-order valence-electron chi connectivity index (χ1n) is 7.35. The maximum Gasteiger partial charge on any atom is 0.137 e. The highest BCUT2D eigenvalue weighted by atomic mass is 79.9. The summed E-state index contributed by atoms with van der Waals surface area (Å²) in [5.41, 5.74) is -0.0324. The molecule has 1 aliphatic heterocycles. The van der Waals surface area contributed by atoms with E-state index in [4.69, 9.17) is 4.98 Å². The average molecular weight is 341 g/mol. The number of hydrogen-bond donors (Lipinski definition) is 0. The molecular formula is C15H25BrN4. The van der Waals surface area contributed by atoms with Crippen molar-refractivity contribution in [2.75, 3.05) is 31.1 Å². The zero-order valence-electron chi connectivity index (χ0n) is 13.1. The van der Waals surface area contributed by atoms with Crippen LogP contribution < -0.4 is 4.90 Å². The molecule has 0 aliphatic carbocycles. The van der Waals surface area contributed by atoms with Gasteiger partial charge >= 0.3 is 0 Å². The number of aromatic nitrogens is 2. The molecule has 0 amide bonds. The van der Waals surface area contributed by atoms with Crippen LogP contribution in [0.4, 0.5) is 5.82 Å². The predicted molar refractivity (Wildman–Crippen MR) is 87.4 cm³/mol. The molecule has 0 aromatic carbocycles. The molecule has 2 heterocycles. The number of likely N-dealkylation sites (N-methyl/N-ethyl adjacent to an activating group) is 1. The smallest absolute Gasteiger partial charge is 0.137 e. The van der Waals surface area contributed by atoms with Crippen molar-refractivity contribution in [3.63, 3.8) is 0 Å². The molecule has 1 atom stereocenters. The average Bonchev–Trinajstić information content (AvgIpc) is 2.37. The van der Waals surface area contributed by atoms with Gasteiger partial charge in [0.05, 0.1) is 0 Å². The molecule has 0 saturated carbocycles. The number of rotatable bonds is 2. The summed E-state index contributed by atoms with van der Waals surface area (Å²) >= 11 is 3.52. The molecule has 4 nitrogen and oxygen atoms in total. The fourth-order valence-electron chi connectivity index (χ4n) is 2.58. The topological polar surface area (TPSA) is 32.3 Å². The maximum atomic E-state index is 4.78. The minimum absolute atomic E-state index is 0.0324. The van der Waals surface area contributed by atoms with Crippen LogP contribution in [-0.4, -0.2) is 47.1 Å². The van der Waals surface area contributed by atoms with E-state index in [1.54, 1.807) is 0 Å². The third-order valence-electron chi connectivity index (χ3n) is 3.85. The van der Waals surface area contributed by atoms with E-state index in [2.05, 4.69) is 65.3 Å². The van der Waals surface area contributed by atoms with Gasteiger partial charge in [-0.05, 0) is 29.4 Å². The highest BCUT2D eigenvalue weighted by Crippen LogP contribution is 2.25. The molecule has 0 bridgehead atoms. The Balaban J connectivity index is 2.23. The van der Waals surface area contributed by atoms with Crippen molar-refractivity contribution in [1.29, 1.82) is 0 Å². The van der Waals surface area contributed by atoms with E-state index in [9.17, 15) is 0 Å². The van der Waals surface area contributed by atoms with Crippen LogP contribution in [-0.2, 0) is 5.41 Å². The standard InChI is InChI=1S/C15H25BrN4/c1-6-19-7-8-20(10-11(19)2)13-9-12(16)17-14(18-13)15(3,4)5/h9,11H,6-8,10H2,1-5H3. The summed E-state index contributed by atoms with van der Waals surface area (Å²) in [6.07, 6.45) is 0. The lowest BCUT2D eigenvalue weighted by molar-refractivity contribution is 0.199. The second-order valence-electron chi connectivity index (χ2n) is 6.55. The largest absolute Gasteiger partial charge is 0.354 e. The molecule has 2 rings (SSSR count). The monoisotopic (exact) mass is 340 g/mol. The van der Waals surface area contributed by atoms with Crippen LogP contribution >= 0.6 is 15.9 Å². The Bertz CT molecular complexity index is 469. The second-order valence-corrected chi connectivity index (χ2v) is 7.36. The van der Waals surface area contributed by atoms with Crippen LogP contribution in [0.25, 0.3) is 0 Å². The van der Waals surface area contributed by atoms with E-state index in [0.717, 1.165) is 42.4 Å². The first-order valence-corrected chi connectivity index (χ1v) is 8.14. The normalized spacial score (nSPS) is 21.3. The molecule has 5 heteroatoms. The summed E-state index contributed by atoms with van der Waals surface area (Å²) in [7, 11) is 0. The highest BCUT2D eigenvalue weighted by Gasteiger charge is 2.25. The van der Waals surface area contributed by atoms with Gasteiger partial charge in [0.2, 0.25) is 0 Å². The number of anilines is 1. The quantitative estimate of drug-likeness (QED) is 0.774. The SMILES string of the molecule is CCN1CCN(c2cc(Br)nc(C(C)(C)C)n2)CC1C. The van der Waals surface area contributed by atoms with Gasteiger partial charge in [-0.15, -0.1) is 0 Å². The molecule has 1 unspecified atom stereocenters. The molecule has 1 fully saturated rings. The van der Waals surface area contributed by atoms with Gasteiger partial charge in [0.1, 0.15) is 16.2 Å². The molecule has 1 aliphatic rings. The third-order valence-corrected chi connectivity index (χ3v) is 4.25. The van der Waals surface area contributed by atoms with Crippen molar-refractivity contribution in [3.05, 3.63) is 16.5 Å². The molecule has 0 spiro atoms. The first-order chi connectivity index (χ1) is 9.31. The fraction of sp³-hybridized carbons (Fsp3) is 0.733. The van der Waals surface area contributed by atoms with E-state index in [1.807, 2.05) is 6.07 Å². The van der Waals surface area contributed by atoms with Crippen LogP contribution in [0.2, 0.25) is 0 Å². The van der Waals surface area contributed by atoms with Crippen molar-refractivity contribution in [3.8, 4) is 0 Å². The fourth-order valence-corrected chi connectivity index (χ4v) is 2.95. The lowest BCUT2D eigenvalue weighted by atomic mass is 9.96. The van der Waals surface area contributed by atoms with Crippen molar-refractivity contribution in [2.45, 2.75) is 46.1 Å². The van der Waals surface area contributed by atoms with E-state index in [-0.39, 0.29) is 5.41 Å². The Morgan fingerprint density at radius 2 is 2.00 bits per heavy atom. The Hall–Kier alpha value is -0.680. The van der Waals surface area contributed by atoms with Crippen LogP contribution in [0.1, 0.15) is 40.4 Å². The van der Waals surface area contributed by atoms with Crippen LogP contribution in [0, 0.1) is 0 Å². The van der Waals surface area contributed by atoms with Gasteiger partial charge in [-0.3, -0.25) is 4.90 Å². The summed E-state index contributed by atoms with van der Waals surface area (Å²) in [5.74, 6) is 1.94. The van der Waals surface area contributed by atoms with Gasteiger partial charge in [-0.2, -0.15) is 0 Å². The molecular weight excluding hydrogens is 316 g/mol. The van der Waals surface area contributed by atoms with Gasteiger partial charge < -0.3 is 4.90 Å². The predicted octanol–water partition coefficient (Wildman–Crippen LogP) is 3.07. The number of halogens is 1. The number of piperazine rings is 1. The minimum Gasteiger partial charge on any atom is -0.354 e. The highest BCUT2D eigenvalue weighted by molar-refractivity contribution is 9.10.